The predicted molar refractivity (Wildman–Crippen MR) is 95.8 cm³/mol. The fourth-order valence-electron chi connectivity index (χ4n) is 4.27. The normalized spacial score (nSPS) is 21.0. The van der Waals surface area contributed by atoms with Gasteiger partial charge in [-0.1, -0.05) is 26.2 Å². The molecule has 0 radical (unpaired) electrons. The molecule has 1 saturated heterocycles. The molecule has 1 aliphatic carbocycles. The largest absolute Gasteiger partial charge is 0.354 e. The lowest BCUT2D eigenvalue weighted by molar-refractivity contribution is -0.126. The van der Waals surface area contributed by atoms with E-state index in [1.165, 1.54) is 32.1 Å². The maximum Gasteiger partial charge on any atom is 0.223 e. The molecule has 0 atom stereocenters. The van der Waals surface area contributed by atoms with Crippen LogP contribution in [0.5, 0.6) is 0 Å². The molecule has 1 aromatic rings. The second-order valence-corrected chi connectivity index (χ2v) is 7.28. The minimum absolute atomic E-state index is 0.207. The average molecular weight is 332 g/mol. The Kier molecular flexibility index (Phi) is 6.30. The molecule has 1 saturated carbocycles. The Bertz CT molecular complexity index is 513. The molecule has 3 rings (SSSR count). The summed E-state index contributed by atoms with van der Waals surface area (Å²) in [5, 5.41) is 3.13. The number of imidazole rings is 1. The third-order valence-electron chi connectivity index (χ3n) is 5.76. The van der Waals surface area contributed by atoms with Crippen molar-refractivity contribution >= 4 is 5.91 Å². The van der Waals surface area contributed by atoms with Gasteiger partial charge in [0.1, 0.15) is 5.82 Å². The van der Waals surface area contributed by atoms with E-state index in [4.69, 9.17) is 0 Å². The molecule has 2 aliphatic rings. The van der Waals surface area contributed by atoms with Gasteiger partial charge in [-0.2, -0.15) is 0 Å². The van der Waals surface area contributed by atoms with E-state index in [0.717, 1.165) is 50.8 Å². The smallest absolute Gasteiger partial charge is 0.223 e. The zero-order chi connectivity index (χ0) is 16.8. The number of hydrogen-bond acceptors (Lipinski definition) is 3. The Balaban J connectivity index is 1.37. The highest BCUT2D eigenvalue weighted by Gasteiger charge is 2.29. The van der Waals surface area contributed by atoms with Crippen molar-refractivity contribution in [2.24, 2.45) is 5.92 Å². The lowest BCUT2D eigenvalue weighted by Gasteiger charge is -2.38. The highest BCUT2D eigenvalue weighted by atomic mass is 16.1. The molecule has 5 heteroatoms. The van der Waals surface area contributed by atoms with Gasteiger partial charge < -0.3 is 14.8 Å². The molecule has 24 heavy (non-hydrogen) atoms. The van der Waals surface area contributed by atoms with Crippen molar-refractivity contribution in [2.45, 2.75) is 70.9 Å². The lowest BCUT2D eigenvalue weighted by atomic mass is 9.90. The van der Waals surface area contributed by atoms with E-state index in [1.54, 1.807) is 0 Å². The Morgan fingerprint density at radius 1 is 1.21 bits per heavy atom. The highest BCUT2D eigenvalue weighted by Crippen LogP contribution is 2.27. The van der Waals surface area contributed by atoms with Gasteiger partial charge in [-0.05, 0) is 38.8 Å². The molecule has 134 valence electrons. The van der Waals surface area contributed by atoms with Crippen molar-refractivity contribution in [1.82, 2.24) is 19.8 Å². The average Bonchev–Trinajstić information content (AvgIpc) is 3.10. The summed E-state index contributed by atoms with van der Waals surface area (Å²) in [5.41, 5.74) is 0. The number of rotatable bonds is 6. The summed E-state index contributed by atoms with van der Waals surface area (Å²) in [6.07, 6.45) is 13.7. The first kappa shape index (κ1) is 17.5. The molecule has 0 spiro atoms. The third-order valence-corrected chi connectivity index (χ3v) is 5.76. The molecule has 1 N–H and O–H groups in total. The second-order valence-electron chi connectivity index (χ2n) is 7.28. The second kappa shape index (κ2) is 8.65. The molecule has 1 aliphatic heterocycles. The maximum atomic E-state index is 12.4. The van der Waals surface area contributed by atoms with Crippen molar-refractivity contribution < 1.29 is 4.79 Å². The van der Waals surface area contributed by atoms with Crippen LogP contribution in [0.4, 0.5) is 0 Å². The first-order chi connectivity index (χ1) is 11.8. The van der Waals surface area contributed by atoms with Crippen molar-refractivity contribution in [3.63, 3.8) is 0 Å². The van der Waals surface area contributed by atoms with Gasteiger partial charge >= 0.3 is 0 Å². The van der Waals surface area contributed by atoms with Crippen LogP contribution in [-0.2, 0) is 17.8 Å². The van der Waals surface area contributed by atoms with Crippen molar-refractivity contribution in [1.29, 1.82) is 0 Å². The first-order valence-corrected chi connectivity index (χ1v) is 9.79. The number of carbonyl (C=O) groups excluding carboxylic acids is 1. The number of nitrogens with zero attached hydrogens (tertiary/aromatic N) is 3. The number of nitrogens with one attached hydrogen (secondary N) is 1. The summed E-state index contributed by atoms with van der Waals surface area (Å²) in [6, 6.07) is 0.788. The quantitative estimate of drug-likeness (QED) is 0.871. The fourth-order valence-corrected chi connectivity index (χ4v) is 4.27. The molecule has 5 nitrogen and oxygen atoms in total. The monoisotopic (exact) mass is 332 g/mol. The standard InChI is InChI=1S/C19H32N4O/c1-2-18-20-10-14-23(18)15-11-21-19(24)16-8-12-22(13-9-16)17-6-4-3-5-7-17/h10,14,16-17H,2-9,11-13,15H2,1H3,(H,21,24). The highest BCUT2D eigenvalue weighted by molar-refractivity contribution is 5.78. The van der Waals surface area contributed by atoms with Crippen molar-refractivity contribution in [3.8, 4) is 0 Å². The van der Waals surface area contributed by atoms with Crippen LogP contribution in [0.15, 0.2) is 12.4 Å². The van der Waals surface area contributed by atoms with Crippen LogP contribution in [0, 0.1) is 5.92 Å². The van der Waals surface area contributed by atoms with E-state index in [9.17, 15) is 4.79 Å². The molecule has 0 aromatic carbocycles. The van der Waals surface area contributed by atoms with Crippen molar-refractivity contribution in [3.05, 3.63) is 18.2 Å². The Morgan fingerprint density at radius 2 is 1.96 bits per heavy atom. The van der Waals surface area contributed by atoms with Crippen LogP contribution < -0.4 is 5.32 Å². The number of amides is 1. The van der Waals surface area contributed by atoms with Gasteiger partial charge in [0.05, 0.1) is 0 Å². The minimum atomic E-state index is 0.207. The number of carbonyl (C=O) groups is 1. The number of likely N-dealkylation sites (tertiary alicyclic amines) is 1. The predicted octanol–water partition coefficient (Wildman–Crippen LogP) is 2.61. The number of piperidine rings is 1. The fraction of sp³-hybridized carbons (Fsp3) is 0.789. The summed E-state index contributed by atoms with van der Waals surface area (Å²) in [5.74, 6) is 1.54. The summed E-state index contributed by atoms with van der Waals surface area (Å²) in [7, 11) is 0. The lowest BCUT2D eigenvalue weighted by Crippen LogP contribution is -2.45. The molecule has 2 fully saturated rings. The first-order valence-electron chi connectivity index (χ1n) is 9.79. The summed E-state index contributed by atoms with van der Waals surface area (Å²) < 4.78 is 2.13. The molecular weight excluding hydrogens is 300 g/mol. The molecule has 1 aromatic heterocycles. The van der Waals surface area contributed by atoms with Crippen molar-refractivity contribution in [2.75, 3.05) is 19.6 Å². The van der Waals surface area contributed by atoms with Gasteiger partial charge in [0.2, 0.25) is 5.91 Å². The summed E-state index contributed by atoms with van der Waals surface area (Å²) >= 11 is 0. The Morgan fingerprint density at radius 3 is 2.67 bits per heavy atom. The van der Waals surface area contributed by atoms with Crippen LogP contribution in [0.3, 0.4) is 0 Å². The van der Waals surface area contributed by atoms with Gasteiger partial charge in [-0.15, -0.1) is 0 Å². The van der Waals surface area contributed by atoms with E-state index in [-0.39, 0.29) is 11.8 Å². The van der Waals surface area contributed by atoms with E-state index >= 15 is 0 Å². The van der Waals surface area contributed by atoms with Gasteiger partial charge in [0, 0.05) is 43.9 Å². The Hall–Kier alpha value is -1.36. The topological polar surface area (TPSA) is 50.2 Å². The van der Waals surface area contributed by atoms with Gasteiger partial charge in [0.25, 0.3) is 0 Å². The van der Waals surface area contributed by atoms with Gasteiger partial charge in [-0.3, -0.25) is 4.79 Å². The van der Waals surface area contributed by atoms with E-state index in [0.29, 0.717) is 6.54 Å². The zero-order valence-electron chi connectivity index (χ0n) is 15.0. The van der Waals surface area contributed by atoms with Gasteiger partial charge in [-0.25, -0.2) is 4.98 Å². The molecular formula is C19H32N4O. The van der Waals surface area contributed by atoms with E-state index in [1.807, 2.05) is 12.4 Å². The van der Waals surface area contributed by atoms with Crippen LogP contribution >= 0.6 is 0 Å². The molecule has 2 heterocycles. The van der Waals surface area contributed by atoms with Crippen LogP contribution in [0.1, 0.15) is 57.7 Å². The summed E-state index contributed by atoms with van der Waals surface area (Å²) in [6.45, 7) is 5.83. The SMILES string of the molecule is CCc1nccn1CCNC(=O)C1CCN(C2CCCCC2)CC1. The number of hydrogen-bond donors (Lipinski definition) is 1. The van der Waals surface area contributed by atoms with Crippen LogP contribution in [0.2, 0.25) is 0 Å². The minimum Gasteiger partial charge on any atom is -0.354 e. The molecule has 0 unspecified atom stereocenters. The number of aromatic nitrogens is 2. The van der Waals surface area contributed by atoms with Gasteiger partial charge in [0.15, 0.2) is 0 Å². The number of aryl methyl sites for hydroxylation is 1. The van der Waals surface area contributed by atoms with E-state index < -0.39 is 0 Å². The zero-order valence-corrected chi connectivity index (χ0v) is 15.0. The van der Waals surface area contributed by atoms with Crippen LogP contribution in [-0.4, -0.2) is 46.0 Å². The Labute approximate surface area is 145 Å². The third kappa shape index (κ3) is 4.38. The maximum absolute atomic E-state index is 12.4. The summed E-state index contributed by atoms with van der Waals surface area (Å²) in [4.78, 5) is 19.4. The van der Waals surface area contributed by atoms with E-state index in [2.05, 4.69) is 26.7 Å². The molecule has 0 bridgehead atoms. The molecule has 1 amide bonds. The van der Waals surface area contributed by atoms with Crippen LogP contribution in [0.25, 0.3) is 0 Å².